The molecule has 0 aliphatic carbocycles. The van der Waals surface area contributed by atoms with Gasteiger partial charge in [-0.05, 0) is 49.2 Å². The standard InChI is InChI=1S/C16H16O2S/c1-11-8-13(9-12(2)16(11)18)15(17)10-19-14-6-4-3-5-7-14/h3-9,18H,10H2,1-2H3. The van der Waals surface area contributed by atoms with Crippen molar-refractivity contribution in [2.45, 2.75) is 18.7 Å². The molecule has 19 heavy (non-hydrogen) atoms. The summed E-state index contributed by atoms with van der Waals surface area (Å²) in [6, 6.07) is 13.4. The van der Waals surface area contributed by atoms with Gasteiger partial charge in [0.15, 0.2) is 5.78 Å². The minimum atomic E-state index is 0.0834. The number of phenols is 1. The van der Waals surface area contributed by atoms with E-state index in [1.54, 1.807) is 12.1 Å². The van der Waals surface area contributed by atoms with E-state index in [0.717, 1.165) is 16.0 Å². The number of phenolic OH excluding ortho intramolecular Hbond substituents is 1. The minimum Gasteiger partial charge on any atom is -0.507 e. The molecule has 2 aromatic rings. The van der Waals surface area contributed by atoms with Gasteiger partial charge in [-0.25, -0.2) is 0 Å². The van der Waals surface area contributed by atoms with Gasteiger partial charge in [0.25, 0.3) is 0 Å². The molecule has 0 spiro atoms. The first-order valence-corrected chi connectivity index (χ1v) is 7.08. The summed E-state index contributed by atoms with van der Waals surface area (Å²) in [5.41, 5.74) is 2.15. The fraction of sp³-hybridized carbons (Fsp3) is 0.188. The summed E-state index contributed by atoms with van der Waals surface area (Å²) in [6.07, 6.45) is 0. The highest BCUT2D eigenvalue weighted by Gasteiger charge is 2.10. The van der Waals surface area contributed by atoms with Gasteiger partial charge in [0.05, 0.1) is 5.75 Å². The molecule has 98 valence electrons. The Labute approximate surface area is 117 Å². The van der Waals surface area contributed by atoms with Gasteiger partial charge in [-0.15, -0.1) is 11.8 Å². The molecule has 1 N–H and O–H groups in total. The number of aromatic hydroxyl groups is 1. The van der Waals surface area contributed by atoms with Crippen molar-refractivity contribution in [3.8, 4) is 5.75 Å². The predicted molar refractivity (Wildman–Crippen MR) is 79.1 cm³/mol. The molecule has 0 aliphatic rings. The van der Waals surface area contributed by atoms with Crippen molar-refractivity contribution in [3.05, 3.63) is 59.2 Å². The lowest BCUT2D eigenvalue weighted by Crippen LogP contribution is -2.03. The van der Waals surface area contributed by atoms with E-state index >= 15 is 0 Å². The molecule has 0 aromatic heterocycles. The summed E-state index contributed by atoms with van der Waals surface area (Å²) < 4.78 is 0. The topological polar surface area (TPSA) is 37.3 Å². The predicted octanol–water partition coefficient (Wildman–Crippen LogP) is 3.98. The van der Waals surface area contributed by atoms with Crippen LogP contribution in [0.15, 0.2) is 47.4 Å². The van der Waals surface area contributed by atoms with Crippen LogP contribution in [-0.4, -0.2) is 16.6 Å². The van der Waals surface area contributed by atoms with Crippen molar-refractivity contribution >= 4 is 17.5 Å². The van der Waals surface area contributed by atoms with Crippen LogP contribution in [0.25, 0.3) is 0 Å². The quantitative estimate of drug-likeness (QED) is 0.675. The first-order chi connectivity index (χ1) is 9.08. The molecular weight excluding hydrogens is 256 g/mol. The van der Waals surface area contributed by atoms with Crippen LogP contribution in [-0.2, 0) is 0 Å². The molecule has 0 fully saturated rings. The van der Waals surface area contributed by atoms with Gasteiger partial charge in [0.1, 0.15) is 5.75 Å². The van der Waals surface area contributed by atoms with E-state index in [0.29, 0.717) is 11.3 Å². The smallest absolute Gasteiger partial charge is 0.173 e. The van der Waals surface area contributed by atoms with Crippen molar-refractivity contribution in [1.29, 1.82) is 0 Å². The second-order valence-corrected chi connectivity index (χ2v) is 5.53. The molecular formula is C16H16O2S. The number of Topliss-reactive ketones (excluding diaryl/α,β-unsaturated/α-hetero) is 1. The second-order valence-electron chi connectivity index (χ2n) is 4.48. The zero-order valence-corrected chi connectivity index (χ0v) is 11.8. The van der Waals surface area contributed by atoms with Gasteiger partial charge in [-0.2, -0.15) is 0 Å². The molecule has 3 heteroatoms. The van der Waals surface area contributed by atoms with Crippen LogP contribution in [0.3, 0.4) is 0 Å². The van der Waals surface area contributed by atoms with Crippen LogP contribution >= 0.6 is 11.8 Å². The maximum atomic E-state index is 12.1. The van der Waals surface area contributed by atoms with Crippen molar-refractivity contribution in [1.82, 2.24) is 0 Å². The van der Waals surface area contributed by atoms with Crippen LogP contribution in [0, 0.1) is 13.8 Å². The maximum Gasteiger partial charge on any atom is 0.173 e. The Morgan fingerprint density at radius 3 is 2.26 bits per heavy atom. The van der Waals surface area contributed by atoms with Crippen molar-refractivity contribution in [3.63, 3.8) is 0 Å². The number of ketones is 1. The number of carbonyl (C=O) groups excluding carboxylic acids is 1. The fourth-order valence-corrected chi connectivity index (χ4v) is 2.68. The zero-order chi connectivity index (χ0) is 13.8. The summed E-state index contributed by atoms with van der Waals surface area (Å²) >= 11 is 1.53. The van der Waals surface area contributed by atoms with Crippen LogP contribution in [0.5, 0.6) is 5.75 Å². The first kappa shape index (κ1) is 13.7. The van der Waals surface area contributed by atoms with Gasteiger partial charge in [-0.3, -0.25) is 4.79 Å². The number of hydrogen-bond acceptors (Lipinski definition) is 3. The van der Waals surface area contributed by atoms with Crippen LogP contribution in [0.2, 0.25) is 0 Å². The third-order valence-corrected chi connectivity index (χ3v) is 3.94. The van der Waals surface area contributed by atoms with E-state index in [1.165, 1.54) is 11.8 Å². The first-order valence-electron chi connectivity index (χ1n) is 6.09. The summed E-state index contributed by atoms with van der Waals surface area (Å²) in [7, 11) is 0. The molecule has 0 unspecified atom stereocenters. The third-order valence-electron chi connectivity index (χ3n) is 2.93. The zero-order valence-electron chi connectivity index (χ0n) is 11.0. The number of thioether (sulfide) groups is 1. The lowest BCUT2D eigenvalue weighted by molar-refractivity contribution is 0.102. The number of rotatable bonds is 4. The van der Waals surface area contributed by atoms with Crippen molar-refractivity contribution in [2.75, 3.05) is 5.75 Å². The molecule has 0 saturated carbocycles. The minimum absolute atomic E-state index is 0.0834. The Bertz CT molecular complexity index is 568. The van der Waals surface area contributed by atoms with Gasteiger partial charge >= 0.3 is 0 Å². The van der Waals surface area contributed by atoms with Crippen LogP contribution in [0.1, 0.15) is 21.5 Å². The lowest BCUT2D eigenvalue weighted by Gasteiger charge is -2.07. The molecule has 2 nitrogen and oxygen atoms in total. The SMILES string of the molecule is Cc1cc(C(=O)CSc2ccccc2)cc(C)c1O. The average molecular weight is 272 g/mol. The number of aryl methyl sites for hydroxylation is 2. The number of benzene rings is 2. The number of carbonyl (C=O) groups is 1. The molecule has 2 rings (SSSR count). The summed E-state index contributed by atoms with van der Waals surface area (Å²) in [5, 5.41) is 9.70. The Balaban J connectivity index is 2.08. The van der Waals surface area contributed by atoms with Gasteiger partial charge in [-0.1, -0.05) is 18.2 Å². The maximum absolute atomic E-state index is 12.1. The molecule has 0 radical (unpaired) electrons. The highest BCUT2D eigenvalue weighted by Crippen LogP contribution is 2.25. The molecule has 2 aromatic carbocycles. The Morgan fingerprint density at radius 2 is 1.68 bits per heavy atom. The summed E-state index contributed by atoms with van der Waals surface area (Å²) in [6.45, 7) is 3.62. The Hall–Kier alpha value is -1.74. The molecule has 0 heterocycles. The third kappa shape index (κ3) is 3.38. The van der Waals surface area contributed by atoms with Gasteiger partial charge in [0.2, 0.25) is 0 Å². The molecule has 0 saturated heterocycles. The van der Waals surface area contributed by atoms with Crippen molar-refractivity contribution < 1.29 is 9.90 Å². The van der Waals surface area contributed by atoms with Gasteiger partial charge < -0.3 is 5.11 Å². The molecule has 0 aliphatic heterocycles. The van der Waals surface area contributed by atoms with Crippen molar-refractivity contribution in [2.24, 2.45) is 0 Å². The Morgan fingerprint density at radius 1 is 1.11 bits per heavy atom. The molecule has 0 amide bonds. The van der Waals surface area contributed by atoms with Crippen LogP contribution in [0.4, 0.5) is 0 Å². The largest absolute Gasteiger partial charge is 0.507 e. The summed E-state index contributed by atoms with van der Waals surface area (Å²) in [4.78, 5) is 13.2. The van der Waals surface area contributed by atoms with E-state index in [4.69, 9.17) is 0 Å². The van der Waals surface area contributed by atoms with E-state index in [2.05, 4.69) is 0 Å². The van der Waals surface area contributed by atoms with Crippen LogP contribution < -0.4 is 0 Å². The summed E-state index contributed by atoms with van der Waals surface area (Å²) in [5.74, 6) is 0.764. The average Bonchev–Trinajstić information content (AvgIpc) is 2.42. The van der Waals surface area contributed by atoms with E-state index in [9.17, 15) is 9.90 Å². The Kier molecular flexibility index (Phi) is 4.27. The highest BCUT2D eigenvalue weighted by molar-refractivity contribution is 8.00. The van der Waals surface area contributed by atoms with E-state index in [1.807, 2.05) is 44.2 Å². The monoisotopic (exact) mass is 272 g/mol. The fourth-order valence-electron chi connectivity index (χ4n) is 1.87. The normalized spacial score (nSPS) is 10.4. The van der Waals surface area contributed by atoms with E-state index in [-0.39, 0.29) is 11.5 Å². The number of hydrogen-bond donors (Lipinski definition) is 1. The second kappa shape index (κ2) is 5.93. The highest BCUT2D eigenvalue weighted by atomic mass is 32.2. The molecule has 0 atom stereocenters. The lowest BCUT2D eigenvalue weighted by atomic mass is 10.0. The molecule has 0 bridgehead atoms. The van der Waals surface area contributed by atoms with Gasteiger partial charge in [0, 0.05) is 10.5 Å². The van der Waals surface area contributed by atoms with E-state index < -0.39 is 0 Å².